The van der Waals surface area contributed by atoms with Crippen LogP contribution in [0.3, 0.4) is 0 Å². The van der Waals surface area contributed by atoms with Crippen molar-refractivity contribution in [1.29, 1.82) is 0 Å². The molecule has 0 aromatic carbocycles. The lowest BCUT2D eigenvalue weighted by Crippen LogP contribution is -2.22. The van der Waals surface area contributed by atoms with Gasteiger partial charge in [-0.2, -0.15) is 0 Å². The van der Waals surface area contributed by atoms with Gasteiger partial charge in [0.2, 0.25) is 0 Å². The maximum Gasteiger partial charge on any atom is 0.337 e. The zero-order chi connectivity index (χ0) is 14.7. The summed E-state index contributed by atoms with van der Waals surface area (Å²) in [6.07, 6.45) is 5.65. The molecule has 0 aromatic heterocycles. The molecular formula is C12H26NO5P. The van der Waals surface area contributed by atoms with E-state index in [2.05, 4.69) is 13.8 Å². The maximum absolute atomic E-state index is 11.4. The molecule has 114 valence electrons. The molecule has 0 radical (unpaired) electrons. The molecule has 0 aliphatic rings. The first-order valence-corrected chi connectivity index (χ1v) is 8.53. The molecule has 3 N–H and O–H groups in total. The minimum Gasteiger partial charge on any atom is -0.324 e. The van der Waals surface area contributed by atoms with E-state index in [4.69, 9.17) is 9.73 Å². The average molecular weight is 295 g/mol. The Labute approximate surface area is 115 Å². The van der Waals surface area contributed by atoms with Crippen molar-refractivity contribution < 1.29 is 24.0 Å². The summed E-state index contributed by atoms with van der Waals surface area (Å²) in [4.78, 5) is 20.0. The average Bonchev–Trinajstić information content (AvgIpc) is 2.31. The number of rotatable bonds is 11. The van der Waals surface area contributed by atoms with Crippen LogP contribution < -0.4 is 5.48 Å². The Bertz CT molecular complexity index is 296. The van der Waals surface area contributed by atoms with Crippen LogP contribution in [0.25, 0.3) is 0 Å². The second-order valence-corrected chi connectivity index (χ2v) is 6.96. The van der Waals surface area contributed by atoms with Crippen LogP contribution in [0, 0.1) is 5.92 Å². The van der Waals surface area contributed by atoms with Crippen LogP contribution in [-0.2, 0) is 13.9 Å². The molecule has 0 saturated heterocycles. The highest BCUT2D eigenvalue weighted by atomic mass is 31.2. The molecule has 0 saturated carbocycles. The number of hydroxylamine groups is 1. The van der Waals surface area contributed by atoms with Gasteiger partial charge in [0.1, 0.15) is 6.16 Å². The van der Waals surface area contributed by atoms with Crippen molar-refractivity contribution >= 4 is 13.5 Å². The molecule has 1 unspecified atom stereocenters. The van der Waals surface area contributed by atoms with Gasteiger partial charge in [-0.1, -0.05) is 46.0 Å². The van der Waals surface area contributed by atoms with E-state index in [1.54, 1.807) is 0 Å². The summed E-state index contributed by atoms with van der Waals surface area (Å²) in [5, 5.41) is 8.24. The van der Waals surface area contributed by atoms with Gasteiger partial charge in [0.25, 0.3) is 5.91 Å². The molecule has 0 aliphatic heterocycles. The largest absolute Gasteiger partial charge is 0.337 e. The number of carbonyl (C=O) groups is 1. The molecule has 1 atom stereocenters. The molecule has 0 aromatic rings. The van der Waals surface area contributed by atoms with Crippen molar-refractivity contribution in [3.63, 3.8) is 0 Å². The molecule has 0 bridgehead atoms. The highest BCUT2D eigenvalue weighted by Crippen LogP contribution is 2.41. The van der Waals surface area contributed by atoms with Crippen LogP contribution in [0.4, 0.5) is 0 Å². The van der Waals surface area contributed by atoms with Crippen molar-refractivity contribution in [2.24, 2.45) is 5.92 Å². The molecule has 0 heterocycles. The standard InChI is InChI=1S/C12H26NO5P/c1-11(2)8-6-4-3-5-7-9-18-19(16,17)10-12(14)13-15/h11,15H,3-10H2,1-2H3,(H,13,14)(H,16,17). The molecular weight excluding hydrogens is 269 g/mol. The second-order valence-electron chi connectivity index (χ2n) is 5.11. The van der Waals surface area contributed by atoms with Gasteiger partial charge in [0.15, 0.2) is 0 Å². The van der Waals surface area contributed by atoms with Gasteiger partial charge in [-0.25, -0.2) is 5.48 Å². The van der Waals surface area contributed by atoms with Gasteiger partial charge >= 0.3 is 7.60 Å². The Kier molecular flexibility index (Phi) is 10.1. The fourth-order valence-corrected chi connectivity index (χ4v) is 2.59. The van der Waals surface area contributed by atoms with Crippen molar-refractivity contribution in [3.05, 3.63) is 0 Å². The Morgan fingerprint density at radius 3 is 2.37 bits per heavy atom. The number of hydrogen-bond donors (Lipinski definition) is 3. The van der Waals surface area contributed by atoms with Crippen LogP contribution in [0.5, 0.6) is 0 Å². The number of hydrogen-bond acceptors (Lipinski definition) is 4. The first-order chi connectivity index (χ1) is 8.87. The summed E-state index contributed by atoms with van der Waals surface area (Å²) in [7, 11) is -3.91. The summed E-state index contributed by atoms with van der Waals surface area (Å²) in [6, 6.07) is 0. The molecule has 19 heavy (non-hydrogen) atoms. The van der Waals surface area contributed by atoms with Crippen molar-refractivity contribution in [1.82, 2.24) is 5.48 Å². The van der Waals surface area contributed by atoms with Gasteiger partial charge < -0.3 is 9.42 Å². The van der Waals surface area contributed by atoms with Crippen molar-refractivity contribution in [3.8, 4) is 0 Å². The van der Waals surface area contributed by atoms with E-state index < -0.39 is 19.7 Å². The third-order valence-electron chi connectivity index (χ3n) is 2.69. The van der Waals surface area contributed by atoms with Crippen LogP contribution in [-0.4, -0.2) is 28.8 Å². The predicted molar refractivity (Wildman–Crippen MR) is 73.1 cm³/mol. The Morgan fingerprint density at radius 1 is 1.21 bits per heavy atom. The topological polar surface area (TPSA) is 95.9 Å². The molecule has 6 nitrogen and oxygen atoms in total. The van der Waals surface area contributed by atoms with E-state index in [-0.39, 0.29) is 6.61 Å². The summed E-state index contributed by atoms with van der Waals surface area (Å²) in [5.74, 6) is -0.180. The lowest BCUT2D eigenvalue weighted by molar-refractivity contribution is -0.126. The van der Waals surface area contributed by atoms with Crippen LogP contribution in [0.2, 0.25) is 0 Å². The SMILES string of the molecule is CC(C)CCCCCCCOP(=O)(O)CC(=O)NO. The van der Waals surface area contributed by atoms with Crippen LogP contribution in [0.15, 0.2) is 0 Å². The van der Waals surface area contributed by atoms with E-state index in [1.165, 1.54) is 24.7 Å². The fourth-order valence-electron chi connectivity index (χ4n) is 1.65. The van der Waals surface area contributed by atoms with Gasteiger partial charge in [-0.15, -0.1) is 0 Å². The number of nitrogens with one attached hydrogen (secondary N) is 1. The van der Waals surface area contributed by atoms with E-state index in [0.29, 0.717) is 6.42 Å². The molecule has 1 amide bonds. The Hall–Kier alpha value is -0.420. The predicted octanol–water partition coefficient (Wildman–Crippen LogP) is 2.69. The zero-order valence-corrected chi connectivity index (χ0v) is 12.7. The third-order valence-corrected chi connectivity index (χ3v) is 3.96. The lowest BCUT2D eigenvalue weighted by Gasteiger charge is -2.10. The quantitative estimate of drug-likeness (QED) is 0.236. The van der Waals surface area contributed by atoms with Gasteiger partial charge in [-0.05, 0) is 12.3 Å². The summed E-state index contributed by atoms with van der Waals surface area (Å²) >= 11 is 0. The smallest absolute Gasteiger partial charge is 0.324 e. The second kappa shape index (κ2) is 10.4. The molecule has 7 heteroatoms. The van der Waals surface area contributed by atoms with Crippen molar-refractivity contribution in [2.45, 2.75) is 52.4 Å². The Balaban J connectivity index is 3.48. The van der Waals surface area contributed by atoms with Gasteiger partial charge in [0.05, 0.1) is 6.61 Å². The highest BCUT2D eigenvalue weighted by Gasteiger charge is 2.23. The summed E-state index contributed by atoms with van der Waals surface area (Å²) in [6.45, 7) is 4.57. The van der Waals surface area contributed by atoms with Gasteiger partial charge in [-0.3, -0.25) is 14.6 Å². The maximum atomic E-state index is 11.4. The number of unbranched alkanes of at least 4 members (excludes halogenated alkanes) is 4. The van der Waals surface area contributed by atoms with E-state index in [0.717, 1.165) is 18.8 Å². The number of carbonyl (C=O) groups excluding carboxylic acids is 1. The minimum absolute atomic E-state index is 0.163. The third kappa shape index (κ3) is 12.4. The monoisotopic (exact) mass is 295 g/mol. The van der Waals surface area contributed by atoms with E-state index in [1.807, 2.05) is 0 Å². The Morgan fingerprint density at radius 2 is 1.79 bits per heavy atom. The van der Waals surface area contributed by atoms with Crippen molar-refractivity contribution in [2.75, 3.05) is 12.8 Å². The van der Waals surface area contributed by atoms with E-state index >= 15 is 0 Å². The summed E-state index contributed by atoms with van der Waals surface area (Å²) < 4.78 is 16.1. The normalized spacial score (nSPS) is 14.4. The molecule has 0 rings (SSSR count). The molecule has 0 spiro atoms. The number of amides is 1. The zero-order valence-electron chi connectivity index (χ0n) is 11.8. The van der Waals surface area contributed by atoms with Crippen LogP contribution >= 0.6 is 7.60 Å². The minimum atomic E-state index is -3.91. The molecule has 0 fully saturated rings. The highest BCUT2D eigenvalue weighted by molar-refractivity contribution is 7.53. The summed E-state index contributed by atoms with van der Waals surface area (Å²) in [5.41, 5.74) is 1.30. The van der Waals surface area contributed by atoms with Crippen LogP contribution in [0.1, 0.15) is 52.4 Å². The van der Waals surface area contributed by atoms with E-state index in [9.17, 15) is 14.3 Å². The first kappa shape index (κ1) is 18.6. The lowest BCUT2D eigenvalue weighted by atomic mass is 10.0. The molecule has 0 aliphatic carbocycles. The fraction of sp³-hybridized carbons (Fsp3) is 0.917. The first-order valence-electron chi connectivity index (χ1n) is 6.76. The van der Waals surface area contributed by atoms with Gasteiger partial charge in [0, 0.05) is 0 Å².